The van der Waals surface area contributed by atoms with Gasteiger partial charge in [0, 0.05) is 6.42 Å². The molecule has 0 unspecified atom stereocenters. The average Bonchev–Trinajstić information content (AvgIpc) is 2.96. The molecule has 1 aromatic rings. The van der Waals surface area contributed by atoms with Gasteiger partial charge in [-0.05, 0) is 37.0 Å². The molecule has 3 heteroatoms. The van der Waals surface area contributed by atoms with Crippen LogP contribution in [0.15, 0.2) is 12.1 Å². The molecule has 1 saturated carbocycles. The Kier molecular flexibility index (Phi) is 2.11. The van der Waals surface area contributed by atoms with Crippen LogP contribution in [0.4, 0.5) is 0 Å². The Morgan fingerprint density at radius 3 is 2.75 bits per heavy atom. The fraction of sp³-hybridized carbons (Fsp3) is 0.538. The van der Waals surface area contributed by atoms with Gasteiger partial charge in [-0.1, -0.05) is 6.07 Å². The highest BCUT2D eigenvalue weighted by atomic mass is 16.6. The lowest BCUT2D eigenvalue weighted by molar-refractivity contribution is 0.149. The lowest BCUT2D eigenvalue weighted by Gasteiger charge is -2.21. The molecule has 1 aromatic carbocycles. The van der Waals surface area contributed by atoms with E-state index in [1.54, 1.807) is 0 Å². The van der Waals surface area contributed by atoms with E-state index in [4.69, 9.17) is 9.47 Å². The summed E-state index contributed by atoms with van der Waals surface area (Å²) in [4.78, 5) is 0. The maximum absolute atomic E-state index is 9.91. The van der Waals surface area contributed by atoms with Gasteiger partial charge in [-0.3, -0.25) is 0 Å². The summed E-state index contributed by atoms with van der Waals surface area (Å²) in [5.74, 6) is 1.68. The molecule has 1 aliphatic heterocycles. The maximum Gasteiger partial charge on any atom is 0.164 e. The summed E-state index contributed by atoms with van der Waals surface area (Å²) in [7, 11) is 0. The molecule has 0 aromatic heterocycles. The molecule has 1 heterocycles. The van der Waals surface area contributed by atoms with Crippen molar-refractivity contribution in [3.63, 3.8) is 0 Å². The number of hydrogen-bond donors (Lipinski definition) is 1. The number of fused-ring (bicyclic) bond motifs is 1. The Labute approximate surface area is 95.0 Å². The summed E-state index contributed by atoms with van der Waals surface area (Å²) < 4.78 is 11.1. The molecular formula is C13H16O3. The average molecular weight is 220 g/mol. The van der Waals surface area contributed by atoms with Crippen molar-refractivity contribution < 1.29 is 14.6 Å². The highest BCUT2D eigenvalue weighted by Crippen LogP contribution is 2.41. The van der Waals surface area contributed by atoms with Gasteiger partial charge < -0.3 is 14.6 Å². The first-order valence-electron chi connectivity index (χ1n) is 5.78. The Morgan fingerprint density at radius 2 is 2.00 bits per heavy atom. The Hall–Kier alpha value is -1.22. The zero-order valence-electron chi connectivity index (χ0n) is 9.45. The van der Waals surface area contributed by atoms with Crippen molar-refractivity contribution in [2.24, 2.45) is 0 Å². The van der Waals surface area contributed by atoms with Crippen molar-refractivity contribution in [1.82, 2.24) is 0 Å². The zero-order chi connectivity index (χ0) is 11.2. The molecule has 86 valence electrons. The van der Waals surface area contributed by atoms with E-state index in [0.29, 0.717) is 13.2 Å². The van der Waals surface area contributed by atoms with Crippen molar-refractivity contribution in [3.05, 3.63) is 23.3 Å². The van der Waals surface area contributed by atoms with Crippen LogP contribution in [-0.4, -0.2) is 23.9 Å². The van der Waals surface area contributed by atoms with E-state index < -0.39 is 5.60 Å². The summed E-state index contributed by atoms with van der Waals surface area (Å²) in [6.45, 7) is 3.26. The third-order valence-electron chi connectivity index (χ3n) is 3.25. The lowest BCUT2D eigenvalue weighted by atomic mass is 10.0. The minimum atomic E-state index is -0.448. The second-order valence-corrected chi connectivity index (χ2v) is 4.84. The van der Waals surface area contributed by atoms with Crippen molar-refractivity contribution in [2.45, 2.75) is 31.8 Å². The van der Waals surface area contributed by atoms with Crippen LogP contribution in [0.2, 0.25) is 0 Å². The SMILES string of the molecule is Cc1cc(CC2(O)CC2)cc2c1OCCO2. The predicted molar refractivity (Wildman–Crippen MR) is 60.1 cm³/mol. The van der Waals surface area contributed by atoms with Crippen molar-refractivity contribution in [2.75, 3.05) is 13.2 Å². The van der Waals surface area contributed by atoms with Crippen LogP contribution in [0.5, 0.6) is 11.5 Å². The smallest absolute Gasteiger partial charge is 0.164 e. The molecule has 3 nitrogen and oxygen atoms in total. The number of hydrogen-bond acceptors (Lipinski definition) is 3. The first kappa shape index (κ1) is 9.97. The van der Waals surface area contributed by atoms with Crippen LogP contribution >= 0.6 is 0 Å². The fourth-order valence-corrected chi connectivity index (χ4v) is 2.20. The van der Waals surface area contributed by atoms with Gasteiger partial charge in [0.05, 0.1) is 5.60 Å². The molecule has 0 bridgehead atoms. The molecule has 1 fully saturated rings. The van der Waals surface area contributed by atoms with Crippen molar-refractivity contribution in [1.29, 1.82) is 0 Å². The van der Waals surface area contributed by atoms with Gasteiger partial charge in [-0.25, -0.2) is 0 Å². The van der Waals surface area contributed by atoms with Gasteiger partial charge in [0.15, 0.2) is 11.5 Å². The summed E-state index contributed by atoms with van der Waals surface area (Å²) in [5.41, 5.74) is 1.79. The normalized spacial score (nSPS) is 20.6. The highest BCUT2D eigenvalue weighted by Gasteiger charge is 2.40. The molecular weight excluding hydrogens is 204 g/mol. The van der Waals surface area contributed by atoms with E-state index in [9.17, 15) is 5.11 Å². The van der Waals surface area contributed by atoms with E-state index >= 15 is 0 Å². The third kappa shape index (κ3) is 1.76. The largest absolute Gasteiger partial charge is 0.486 e. The zero-order valence-corrected chi connectivity index (χ0v) is 9.45. The van der Waals surface area contributed by atoms with Crippen molar-refractivity contribution in [3.8, 4) is 11.5 Å². The minimum absolute atomic E-state index is 0.448. The molecule has 0 spiro atoms. The first-order chi connectivity index (χ1) is 7.66. The van der Waals surface area contributed by atoms with E-state index in [-0.39, 0.29) is 0 Å². The van der Waals surface area contributed by atoms with Crippen LogP contribution < -0.4 is 9.47 Å². The van der Waals surface area contributed by atoms with Gasteiger partial charge in [-0.2, -0.15) is 0 Å². The summed E-state index contributed by atoms with van der Waals surface area (Å²) >= 11 is 0. The van der Waals surface area contributed by atoms with Gasteiger partial charge >= 0.3 is 0 Å². The second kappa shape index (κ2) is 3.39. The molecule has 0 saturated heterocycles. The number of ether oxygens (including phenoxy) is 2. The Morgan fingerprint density at radius 1 is 1.25 bits per heavy atom. The van der Waals surface area contributed by atoms with Crippen LogP contribution in [-0.2, 0) is 6.42 Å². The van der Waals surface area contributed by atoms with E-state index in [0.717, 1.165) is 41.9 Å². The quantitative estimate of drug-likeness (QED) is 0.826. The van der Waals surface area contributed by atoms with Gasteiger partial charge in [-0.15, -0.1) is 0 Å². The number of aliphatic hydroxyl groups is 1. The molecule has 1 aliphatic carbocycles. The number of benzene rings is 1. The summed E-state index contributed by atoms with van der Waals surface area (Å²) in [6, 6.07) is 4.08. The van der Waals surface area contributed by atoms with Crippen LogP contribution in [0.25, 0.3) is 0 Å². The van der Waals surface area contributed by atoms with Gasteiger partial charge in [0.1, 0.15) is 13.2 Å². The number of rotatable bonds is 2. The van der Waals surface area contributed by atoms with Crippen LogP contribution in [0, 0.1) is 6.92 Å². The molecule has 16 heavy (non-hydrogen) atoms. The van der Waals surface area contributed by atoms with E-state index in [1.807, 2.05) is 13.0 Å². The number of aryl methyl sites for hydroxylation is 1. The second-order valence-electron chi connectivity index (χ2n) is 4.84. The monoisotopic (exact) mass is 220 g/mol. The molecule has 2 aliphatic rings. The van der Waals surface area contributed by atoms with Crippen LogP contribution in [0.1, 0.15) is 24.0 Å². The van der Waals surface area contributed by atoms with E-state index in [1.165, 1.54) is 0 Å². The van der Waals surface area contributed by atoms with Gasteiger partial charge in [0.2, 0.25) is 0 Å². The standard InChI is InChI=1S/C13H16O3/c1-9-6-10(8-13(14)2-3-13)7-11-12(9)16-5-4-15-11/h6-7,14H,2-5,8H2,1H3. The first-order valence-corrected chi connectivity index (χ1v) is 5.78. The summed E-state index contributed by atoms with van der Waals surface area (Å²) in [6.07, 6.45) is 2.56. The van der Waals surface area contributed by atoms with Gasteiger partial charge in [0.25, 0.3) is 0 Å². The third-order valence-corrected chi connectivity index (χ3v) is 3.25. The molecule has 0 amide bonds. The lowest BCUT2D eigenvalue weighted by Crippen LogP contribution is -2.17. The maximum atomic E-state index is 9.91. The summed E-state index contributed by atoms with van der Waals surface area (Å²) in [5, 5.41) is 9.91. The predicted octanol–water partition coefficient (Wildman–Crippen LogP) is 1.83. The Bertz CT molecular complexity index is 421. The van der Waals surface area contributed by atoms with E-state index in [2.05, 4.69) is 6.07 Å². The van der Waals surface area contributed by atoms with Crippen LogP contribution in [0.3, 0.4) is 0 Å². The molecule has 0 atom stereocenters. The highest BCUT2D eigenvalue weighted by molar-refractivity contribution is 5.50. The molecule has 0 radical (unpaired) electrons. The molecule has 1 N–H and O–H groups in total. The van der Waals surface area contributed by atoms with Crippen molar-refractivity contribution >= 4 is 0 Å². The molecule has 3 rings (SSSR count). The fourth-order valence-electron chi connectivity index (χ4n) is 2.20. The Balaban J connectivity index is 1.92. The minimum Gasteiger partial charge on any atom is -0.486 e. The topological polar surface area (TPSA) is 38.7 Å².